The molecule has 0 amide bonds. The molecule has 0 saturated carbocycles. The molecular formula is C14H28. The monoisotopic (exact) mass is 196 g/mol. The Morgan fingerprint density at radius 1 is 1.14 bits per heavy atom. The summed E-state index contributed by atoms with van der Waals surface area (Å²) >= 11 is 0. The van der Waals surface area contributed by atoms with Gasteiger partial charge in [-0.15, -0.1) is 13.2 Å². The standard InChI is InChI=1S/C13H24.CH4/c1-7-9-12(11(3)4)13(5,6)10-8-2;/h7-8,11-12H,1-2,9-10H2,3-6H3;1H4/t12-;/m0./s1. The Morgan fingerprint density at radius 2 is 1.64 bits per heavy atom. The van der Waals surface area contributed by atoms with Gasteiger partial charge in [0, 0.05) is 0 Å². The highest BCUT2D eigenvalue weighted by Crippen LogP contribution is 2.38. The molecule has 0 aromatic rings. The normalized spacial score (nSPS) is 13.2. The van der Waals surface area contributed by atoms with E-state index in [0.717, 1.165) is 12.8 Å². The van der Waals surface area contributed by atoms with Crippen LogP contribution in [-0.2, 0) is 0 Å². The van der Waals surface area contributed by atoms with E-state index in [1.807, 2.05) is 12.2 Å². The Hall–Kier alpha value is -0.520. The van der Waals surface area contributed by atoms with E-state index in [0.29, 0.717) is 17.3 Å². The van der Waals surface area contributed by atoms with Crippen molar-refractivity contribution in [2.75, 3.05) is 0 Å². The predicted octanol–water partition coefficient (Wildman–Crippen LogP) is 5.07. The van der Waals surface area contributed by atoms with Crippen molar-refractivity contribution in [1.29, 1.82) is 0 Å². The van der Waals surface area contributed by atoms with Crippen molar-refractivity contribution in [3.63, 3.8) is 0 Å². The molecule has 0 N–H and O–H groups in total. The first-order valence-electron chi connectivity index (χ1n) is 5.17. The predicted molar refractivity (Wildman–Crippen MR) is 68.5 cm³/mol. The number of hydrogen-bond donors (Lipinski definition) is 0. The first kappa shape index (κ1) is 15.9. The minimum Gasteiger partial charge on any atom is -0.103 e. The fourth-order valence-corrected chi connectivity index (χ4v) is 2.20. The Balaban J connectivity index is 0. The van der Waals surface area contributed by atoms with Crippen LogP contribution in [-0.4, -0.2) is 0 Å². The van der Waals surface area contributed by atoms with E-state index in [2.05, 4.69) is 40.9 Å². The van der Waals surface area contributed by atoms with Crippen LogP contribution in [0.5, 0.6) is 0 Å². The number of rotatable bonds is 6. The zero-order valence-corrected chi connectivity index (χ0v) is 9.64. The van der Waals surface area contributed by atoms with Gasteiger partial charge in [0.15, 0.2) is 0 Å². The molecule has 14 heavy (non-hydrogen) atoms. The van der Waals surface area contributed by atoms with Gasteiger partial charge in [-0.3, -0.25) is 0 Å². The molecule has 0 aliphatic carbocycles. The summed E-state index contributed by atoms with van der Waals surface area (Å²) in [5, 5.41) is 0. The minimum absolute atomic E-state index is 0. The van der Waals surface area contributed by atoms with Gasteiger partial charge < -0.3 is 0 Å². The molecule has 0 fully saturated rings. The van der Waals surface area contributed by atoms with Crippen molar-refractivity contribution in [1.82, 2.24) is 0 Å². The second-order valence-corrected chi connectivity index (χ2v) is 4.86. The lowest BCUT2D eigenvalue weighted by atomic mass is 9.69. The van der Waals surface area contributed by atoms with E-state index in [9.17, 15) is 0 Å². The van der Waals surface area contributed by atoms with E-state index in [-0.39, 0.29) is 7.43 Å². The van der Waals surface area contributed by atoms with Crippen LogP contribution < -0.4 is 0 Å². The molecule has 0 aliphatic heterocycles. The maximum absolute atomic E-state index is 3.83. The molecule has 0 saturated heterocycles. The Morgan fingerprint density at radius 3 is 1.93 bits per heavy atom. The Bertz CT molecular complexity index is 163. The molecule has 0 rings (SSSR count). The maximum Gasteiger partial charge on any atom is -0.0286 e. The van der Waals surface area contributed by atoms with Crippen molar-refractivity contribution in [2.45, 2.75) is 48.0 Å². The average molecular weight is 196 g/mol. The molecule has 0 heteroatoms. The van der Waals surface area contributed by atoms with Crippen LogP contribution in [0.15, 0.2) is 25.3 Å². The summed E-state index contributed by atoms with van der Waals surface area (Å²) in [6.07, 6.45) is 6.26. The summed E-state index contributed by atoms with van der Waals surface area (Å²) in [5.74, 6) is 1.43. The van der Waals surface area contributed by atoms with Crippen molar-refractivity contribution in [3.8, 4) is 0 Å². The summed E-state index contributed by atoms with van der Waals surface area (Å²) < 4.78 is 0. The van der Waals surface area contributed by atoms with Crippen LogP contribution >= 0.6 is 0 Å². The highest BCUT2D eigenvalue weighted by atomic mass is 14.3. The molecule has 0 bridgehead atoms. The minimum atomic E-state index is 0. The molecule has 0 nitrogen and oxygen atoms in total. The van der Waals surface area contributed by atoms with Gasteiger partial charge in [-0.2, -0.15) is 0 Å². The first-order valence-corrected chi connectivity index (χ1v) is 5.17. The van der Waals surface area contributed by atoms with Crippen molar-refractivity contribution in [2.24, 2.45) is 17.3 Å². The lowest BCUT2D eigenvalue weighted by Crippen LogP contribution is -2.27. The van der Waals surface area contributed by atoms with E-state index >= 15 is 0 Å². The van der Waals surface area contributed by atoms with Gasteiger partial charge in [-0.1, -0.05) is 47.3 Å². The van der Waals surface area contributed by atoms with Gasteiger partial charge in [0.05, 0.1) is 0 Å². The third kappa shape index (κ3) is 4.64. The van der Waals surface area contributed by atoms with E-state index in [1.54, 1.807) is 0 Å². The quantitative estimate of drug-likeness (QED) is 0.520. The maximum atomic E-state index is 3.83. The summed E-state index contributed by atoms with van der Waals surface area (Å²) in [6, 6.07) is 0. The second-order valence-electron chi connectivity index (χ2n) is 4.86. The van der Waals surface area contributed by atoms with Crippen LogP contribution in [0.3, 0.4) is 0 Å². The molecule has 0 unspecified atom stereocenters. The van der Waals surface area contributed by atoms with Gasteiger partial charge in [0.1, 0.15) is 0 Å². The highest BCUT2D eigenvalue weighted by molar-refractivity contribution is 4.89. The first-order chi connectivity index (χ1) is 5.95. The summed E-state index contributed by atoms with van der Waals surface area (Å²) in [5.41, 5.74) is 0.351. The van der Waals surface area contributed by atoms with E-state index in [1.165, 1.54) is 0 Å². The van der Waals surface area contributed by atoms with Crippen LogP contribution in [0.2, 0.25) is 0 Å². The van der Waals surface area contributed by atoms with Crippen LogP contribution in [0.25, 0.3) is 0 Å². The second kappa shape index (κ2) is 6.86. The molecular weight excluding hydrogens is 168 g/mol. The number of allylic oxidation sites excluding steroid dienone is 2. The third-order valence-corrected chi connectivity index (χ3v) is 2.90. The topological polar surface area (TPSA) is 0 Å². The fourth-order valence-electron chi connectivity index (χ4n) is 2.20. The smallest absolute Gasteiger partial charge is 0.0286 e. The molecule has 0 heterocycles. The largest absolute Gasteiger partial charge is 0.103 e. The summed E-state index contributed by atoms with van der Waals surface area (Å²) in [7, 11) is 0. The molecule has 0 spiro atoms. The van der Waals surface area contributed by atoms with Gasteiger partial charge in [0.2, 0.25) is 0 Å². The number of hydrogen-bond acceptors (Lipinski definition) is 0. The molecule has 0 aromatic carbocycles. The molecule has 0 aromatic heterocycles. The van der Waals surface area contributed by atoms with Crippen molar-refractivity contribution in [3.05, 3.63) is 25.3 Å². The SMILES string of the molecule is C.C=CC[C@@H](C(C)C)C(C)(C)CC=C. The van der Waals surface area contributed by atoms with E-state index in [4.69, 9.17) is 0 Å². The zero-order valence-electron chi connectivity index (χ0n) is 9.64. The van der Waals surface area contributed by atoms with Gasteiger partial charge >= 0.3 is 0 Å². The van der Waals surface area contributed by atoms with Gasteiger partial charge in [0.25, 0.3) is 0 Å². The lowest BCUT2D eigenvalue weighted by molar-refractivity contribution is 0.161. The van der Waals surface area contributed by atoms with Crippen LogP contribution in [0, 0.1) is 17.3 Å². The van der Waals surface area contributed by atoms with Crippen molar-refractivity contribution >= 4 is 0 Å². The van der Waals surface area contributed by atoms with Crippen LogP contribution in [0.1, 0.15) is 48.0 Å². The van der Waals surface area contributed by atoms with Crippen LogP contribution in [0.4, 0.5) is 0 Å². The molecule has 84 valence electrons. The lowest BCUT2D eigenvalue weighted by Gasteiger charge is -2.36. The fraction of sp³-hybridized carbons (Fsp3) is 0.714. The highest BCUT2D eigenvalue weighted by Gasteiger charge is 2.29. The van der Waals surface area contributed by atoms with Gasteiger partial charge in [-0.25, -0.2) is 0 Å². The third-order valence-electron chi connectivity index (χ3n) is 2.90. The zero-order chi connectivity index (χ0) is 10.5. The van der Waals surface area contributed by atoms with Gasteiger partial charge in [-0.05, 0) is 30.1 Å². The molecule has 0 radical (unpaired) electrons. The molecule has 0 aliphatic rings. The summed E-state index contributed by atoms with van der Waals surface area (Å²) in [6.45, 7) is 16.9. The summed E-state index contributed by atoms with van der Waals surface area (Å²) in [4.78, 5) is 0. The average Bonchev–Trinajstić information content (AvgIpc) is 1.99. The molecule has 1 atom stereocenters. The van der Waals surface area contributed by atoms with E-state index < -0.39 is 0 Å². The van der Waals surface area contributed by atoms with Crippen molar-refractivity contribution < 1.29 is 0 Å². The Kier molecular flexibility index (Phi) is 7.81. The Labute approximate surface area is 91.1 Å².